The zero-order valence-corrected chi connectivity index (χ0v) is 16.8. The molecule has 1 N–H and O–H groups in total. The van der Waals surface area contributed by atoms with Gasteiger partial charge in [0.1, 0.15) is 17.1 Å². The number of rotatable bonds is 5. The summed E-state index contributed by atoms with van der Waals surface area (Å²) in [6.45, 7) is 8.08. The predicted molar refractivity (Wildman–Crippen MR) is 115 cm³/mol. The number of carbonyl (C=O) groups is 1. The van der Waals surface area contributed by atoms with Gasteiger partial charge in [-0.25, -0.2) is 0 Å². The monoisotopic (exact) mass is 374 g/mol. The van der Waals surface area contributed by atoms with Gasteiger partial charge in [-0.15, -0.1) is 0 Å². The van der Waals surface area contributed by atoms with Gasteiger partial charge in [0.05, 0.1) is 5.56 Å². The van der Waals surface area contributed by atoms with Crippen LogP contribution in [-0.4, -0.2) is 16.5 Å². The van der Waals surface area contributed by atoms with Crippen molar-refractivity contribution >= 4 is 17.9 Å². The molecule has 144 valence electrons. The molecule has 1 aliphatic rings. The van der Waals surface area contributed by atoms with Gasteiger partial charge in [-0.2, -0.15) is 0 Å². The zero-order valence-electron chi connectivity index (χ0n) is 16.8. The Kier molecular flexibility index (Phi) is 5.55. The van der Waals surface area contributed by atoms with Crippen LogP contribution < -0.4 is 4.74 Å². The van der Waals surface area contributed by atoms with Crippen molar-refractivity contribution < 1.29 is 14.6 Å². The average Bonchev–Trinajstić information content (AvgIpc) is 2.64. The van der Waals surface area contributed by atoms with Gasteiger partial charge in [-0.05, 0) is 81.7 Å². The van der Waals surface area contributed by atoms with Crippen LogP contribution in [0.15, 0.2) is 60.2 Å². The third-order valence-electron chi connectivity index (χ3n) is 4.54. The molecule has 2 aromatic carbocycles. The number of allylic oxidation sites excluding steroid dienone is 3. The Labute approximate surface area is 166 Å². The topological polar surface area (TPSA) is 46.5 Å². The molecule has 0 radical (unpaired) electrons. The van der Waals surface area contributed by atoms with Gasteiger partial charge < -0.3 is 9.84 Å². The average molecular weight is 374 g/mol. The number of ether oxygens (including phenoxy) is 1. The van der Waals surface area contributed by atoms with Crippen molar-refractivity contribution in [3.63, 3.8) is 0 Å². The van der Waals surface area contributed by atoms with Crippen molar-refractivity contribution in [3.8, 4) is 11.5 Å². The van der Waals surface area contributed by atoms with E-state index >= 15 is 0 Å². The summed E-state index contributed by atoms with van der Waals surface area (Å²) >= 11 is 0. The quantitative estimate of drug-likeness (QED) is 0.398. The highest BCUT2D eigenvalue weighted by Gasteiger charge is 2.26. The van der Waals surface area contributed by atoms with E-state index in [-0.39, 0.29) is 11.5 Å². The van der Waals surface area contributed by atoms with Crippen molar-refractivity contribution in [1.82, 2.24) is 0 Å². The Hall–Kier alpha value is -3.07. The predicted octanol–water partition coefficient (Wildman–Crippen LogP) is 5.98. The number of aromatic hydroxyl groups is 1. The molecule has 0 aromatic heterocycles. The molecule has 0 bridgehead atoms. The Bertz CT molecular complexity index is 970. The second kappa shape index (κ2) is 7.89. The Morgan fingerprint density at radius 3 is 2.54 bits per heavy atom. The number of hydrogen-bond donors (Lipinski definition) is 1. The number of benzene rings is 2. The Morgan fingerprint density at radius 1 is 1.14 bits per heavy atom. The standard InChI is InChI=1S/C25H26O3/c1-17(2)5-6-19-15-20-13-14-25(3,4)28-24(20)22(16-19)23(27)12-9-18-7-10-21(26)11-8-18/h5,7-16,26H,6H2,1-4H3/b12-9+. The van der Waals surface area contributed by atoms with Crippen LogP contribution in [0.5, 0.6) is 11.5 Å². The van der Waals surface area contributed by atoms with Crippen LogP contribution in [0.1, 0.15) is 54.7 Å². The molecule has 0 saturated carbocycles. The zero-order chi connectivity index (χ0) is 20.3. The fourth-order valence-corrected chi connectivity index (χ4v) is 3.01. The highest BCUT2D eigenvalue weighted by Crippen LogP contribution is 2.36. The first-order valence-corrected chi connectivity index (χ1v) is 9.43. The summed E-state index contributed by atoms with van der Waals surface area (Å²) in [4.78, 5) is 13.0. The lowest BCUT2D eigenvalue weighted by atomic mass is 9.94. The van der Waals surface area contributed by atoms with E-state index in [2.05, 4.69) is 26.0 Å². The molecule has 0 atom stereocenters. The van der Waals surface area contributed by atoms with Crippen LogP contribution in [0, 0.1) is 0 Å². The number of ketones is 1. The van der Waals surface area contributed by atoms with E-state index in [1.807, 2.05) is 32.1 Å². The van der Waals surface area contributed by atoms with Crippen LogP contribution in [0.3, 0.4) is 0 Å². The molecule has 0 amide bonds. The molecule has 0 aliphatic carbocycles. The number of fused-ring (bicyclic) bond motifs is 1. The molecule has 3 heteroatoms. The second-order valence-electron chi connectivity index (χ2n) is 7.88. The normalized spacial score (nSPS) is 14.4. The van der Waals surface area contributed by atoms with Crippen molar-refractivity contribution in [3.05, 3.63) is 82.5 Å². The largest absolute Gasteiger partial charge is 0.508 e. The molecule has 1 heterocycles. The first-order valence-electron chi connectivity index (χ1n) is 9.43. The number of hydrogen-bond acceptors (Lipinski definition) is 3. The highest BCUT2D eigenvalue weighted by molar-refractivity contribution is 6.09. The molecule has 2 aromatic rings. The van der Waals surface area contributed by atoms with Crippen molar-refractivity contribution in [2.75, 3.05) is 0 Å². The van der Waals surface area contributed by atoms with Gasteiger partial charge in [0.15, 0.2) is 5.78 Å². The number of phenols is 1. The minimum absolute atomic E-state index is 0.102. The maximum Gasteiger partial charge on any atom is 0.189 e. The minimum Gasteiger partial charge on any atom is -0.508 e. The summed E-state index contributed by atoms with van der Waals surface area (Å²) in [6, 6.07) is 10.7. The molecule has 0 unspecified atom stereocenters. The van der Waals surface area contributed by atoms with Gasteiger partial charge in [0.25, 0.3) is 0 Å². The third kappa shape index (κ3) is 4.80. The second-order valence-corrected chi connectivity index (χ2v) is 7.88. The lowest BCUT2D eigenvalue weighted by molar-refractivity contribution is 0.103. The summed E-state index contributed by atoms with van der Waals surface area (Å²) < 4.78 is 6.13. The van der Waals surface area contributed by atoms with Crippen LogP contribution in [0.2, 0.25) is 0 Å². The van der Waals surface area contributed by atoms with Gasteiger partial charge in [-0.3, -0.25) is 4.79 Å². The van der Waals surface area contributed by atoms with Gasteiger partial charge in [0, 0.05) is 5.56 Å². The van der Waals surface area contributed by atoms with Crippen molar-refractivity contribution in [1.29, 1.82) is 0 Å². The van der Waals surface area contributed by atoms with Gasteiger partial charge in [-0.1, -0.05) is 35.9 Å². The fraction of sp³-hybridized carbons (Fsp3) is 0.240. The summed E-state index contributed by atoms with van der Waals surface area (Å²) in [6.07, 6.45) is 10.3. The molecule has 0 spiro atoms. The highest BCUT2D eigenvalue weighted by atomic mass is 16.5. The van der Waals surface area contributed by atoms with Crippen LogP contribution >= 0.6 is 0 Å². The third-order valence-corrected chi connectivity index (χ3v) is 4.54. The van der Waals surface area contributed by atoms with E-state index < -0.39 is 5.60 Å². The fourth-order valence-electron chi connectivity index (χ4n) is 3.01. The molecule has 0 saturated heterocycles. The van der Waals surface area contributed by atoms with Crippen molar-refractivity contribution in [2.24, 2.45) is 0 Å². The molecule has 28 heavy (non-hydrogen) atoms. The molecule has 3 rings (SSSR count). The minimum atomic E-state index is -0.454. The summed E-state index contributed by atoms with van der Waals surface area (Å²) in [7, 11) is 0. The molecular weight excluding hydrogens is 348 g/mol. The number of phenolic OH excluding ortho intramolecular Hbond substituents is 1. The molecular formula is C25H26O3. The smallest absolute Gasteiger partial charge is 0.189 e. The lowest BCUT2D eigenvalue weighted by Crippen LogP contribution is -2.28. The van der Waals surface area contributed by atoms with Crippen LogP contribution in [0.4, 0.5) is 0 Å². The van der Waals surface area contributed by atoms with E-state index in [0.717, 1.165) is 23.1 Å². The Balaban J connectivity index is 1.98. The van der Waals surface area contributed by atoms with E-state index in [4.69, 9.17) is 4.74 Å². The maximum atomic E-state index is 13.0. The number of carbonyl (C=O) groups excluding carboxylic acids is 1. The van der Waals surface area contributed by atoms with E-state index in [0.29, 0.717) is 11.3 Å². The van der Waals surface area contributed by atoms with Gasteiger partial charge in [0.2, 0.25) is 0 Å². The van der Waals surface area contributed by atoms with Crippen molar-refractivity contribution in [2.45, 2.75) is 39.7 Å². The van der Waals surface area contributed by atoms with E-state index in [1.165, 1.54) is 5.57 Å². The molecule has 0 fully saturated rings. The summed E-state index contributed by atoms with van der Waals surface area (Å²) in [5, 5.41) is 9.39. The summed E-state index contributed by atoms with van der Waals surface area (Å²) in [5.41, 5.74) is 4.22. The van der Waals surface area contributed by atoms with Crippen LogP contribution in [0.25, 0.3) is 12.2 Å². The first kappa shape index (κ1) is 19.7. The maximum absolute atomic E-state index is 13.0. The van der Waals surface area contributed by atoms with Gasteiger partial charge >= 0.3 is 0 Å². The summed E-state index contributed by atoms with van der Waals surface area (Å²) in [5.74, 6) is 0.732. The first-order chi connectivity index (χ1) is 13.2. The van der Waals surface area contributed by atoms with Crippen LogP contribution in [-0.2, 0) is 6.42 Å². The van der Waals surface area contributed by atoms with E-state index in [1.54, 1.807) is 36.4 Å². The van der Waals surface area contributed by atoms with E-state index in [9.17, 15) is 9.90 Å². The molecule has 3 nitrogen and oxygen atoms in total. The lowest BCUT2D eigenvalue weighted by Gasteiger charge is -2.29. The molecule has 1 aliphatic heterocycles. The SMILES string of the molecule is CC(C)=CCc1cc2c(c(C(=O)/C=C/c3ccc(O)cc3)c1)OC(C)(C)C=C2. The Morgan fingerprint density at radius 2 is 1.86 bits per heavy atom.